The molecule has 7 aromatic carbocycles. The van der Waals surface area contributed by atoms with E-state index in [4.69, 9.17) is 23.4 Å². The summed E-state index contributed by atoms with van der Waals surface area (Å²) >= 11 is 0. The topological polar surface area (TPSA) is 35.9 Å². The zero-order valence-corrected chi connectivity index (χ0v) is 30.4. The van der Waals surface area contributed by atoms with Gasteiger partial charge in [-0.3, -0.25) is 13.7 Å². The SMILES string of the molecule is [2H]c1c([2H])c([2H])c(-c2cccc(-c3c([2H])c([2H])c([2H])c([2H])c3[2H])c2-[n+]2[c-]n(-c3cccc(Oc4ccc5c6ccccc6n(-c6cc(C(C)C)ccn6)c5c4)c3)c3ccccc32)c([2H])c1[2H]. The average Bonchev–Trinajstić information content (AvgIpc) is 3.88. The van der Waals surface area contributed by atoms with Crippen molar-refractivity contribution in [3.05, 3.63) is 200 Å². The number of pyridine rings is 1. The fourth-order valence-corrected chi connectivity index (χ4v) is 7.37. The van der Waals surface area contributed by atoms with Crippen molar-refractivity contribution in [2.75, 3.05) is 0 Å². The molecule has 0 bridgehead atoms. The van der Waals surface area contributed by atoms with Crippen LogP contribution >= 0.6 is 0 Å². The molecule has 0 aliphatic heterocycles. The lowest BCUT2D eigenvalue weighted by Gasteiger charge is -2.17. The van der Waals surface area contributed by atoms with Gasteiger partial charge in [0.25, 0.3) is 6.33 Å². The van der Waals surface area contributed by atoms with E-state index in [2.05, 4.69) is 49.0 Å². The van der Waals surface area contributed by atoms with Crippen LogP contribution in [0.15, 0.2) is 188 Å². The molecule has 0 aliphatic carbocycles. The Kier molecular flexibility index (Phi) is 6.00. The first kappa shape index (κ1) is 24.2. The van der Waals surface area contributed by atoms with E-state index in [1.165, 1.54) is 5.56 Å². The molecule has 0 fully saturated rings. The molecule has 0 atom stereocenters. The lowest BCUT2D eigenvalue weighted by atomic mass is 9.95. The lowest BCUT2D eigenvalue weighted by molar-refractivity contribution is -0.571. The van der Waals surface area contributed by atoms with Crippen molar-refractivity contribution >= 4 is 32.8 Å². The molecule has 56 heavy (non-hydrogen) atoms. The van der Waals surface area contributed by atoms with E-state index in [9.17, 15) is 0 Å². The van der Waals surface area contributed by atoms with Crippen LogP contribution in [-0.4, -0.2) is 14.1 Å². The van der Waals surface area contributed by atoms with Gasteiger partial charge in [0.1, 0.15) is 17.3 Å². The first-order chi connectivity index (χ1) is 31.7. The van der Waals surface area contributed by atoms with Crippen LogP contribution in [0.25, 0.3) is 72.3 Å². The summed E-state index contributed by atoms with van der Waals surface area (Å²) in [6.07, 6.45) is 5.27. The van der Waals surface area contributed by atoms with Crippen LogP contribution in [-0.2, 0) is 0 Å². The monoisotopic (exact) mass is 732 g/mol. The van der Waals surface area contributed by atoms with Crippen molar-refractivity contribution in [2.24, 2.45) is 0 Å². The van der Waals surface area contributed by atoms with E-state index in [0.717, 1.165) is 27.6 Å². The number of fused-ring (bicyclic) bond motifs is 4. The van der Waals surface area contributed by atoms with E-state index in [0.29, 0.717) is 34.1 Å². The standard InChI is InChI=1S/C51H38N4O/c1-35(2)38-29-30-52-50(31-38)55-46-24-10-9-21-44(46)45-28-27-41(33-49(45)55)56-40-20-13-19-39(32-40)53-34-54(48-26-12-11-25-47(48)53)51-42(36-15-5-3-6-16-36)22-14-23-43(51)37-17-7-4-8-18-37/h3-33,35H,1-2H3/i3D,4D,5D,6D,7D,8D,15D,16D,17D,18D. The summed E-state index contributed by atoms with van der Waals surface area (Å²) in [6.45, 7) is 4.31. The quantitative estimate of drug-likeness (QED) is 0.115. The van der Waals surface area contributed by atoms with Crippen LogP contribution in [0, 0.1) is 6.33 Å². The minimum atomic E-state index is -0.564. The van der Waals surface area contributed by atoms with Gasteiger partial charge in [-0.15, -0.1) is 0 Å². The molecular weight excluding hydrogens is 685 g/mol. The molecular formula is C51H38N4O. The third kappa shape index (κ3) is 5.82. The summed E-state index contributed by atoms with van der Waals surface area (Å²) in [6, 6.07) is 32.8. The second-order valence-corrected chi connectivity index (χ2v) is 13.7. The van der Waals surface area contributed by atoms with Crippen molar-refractivity contribution in [3.8, 4) is 50.9 Å². The molecule has 0 N–H and O–H groups in total. The molecule has 5 nitrogen and oxygen atoms in total. The summed E-state index contributed by atoms with van der Waals surface area (Å²) in [7, 11) is 0. The van der Waals surface area contributed by atoms with Crippen molar-refractivity contribution in [1.82, 2.24) is 14.1 Å². The Balaban J connectivity index is 1.15. The van der Waals surface area contributed by atoms with Crippen molar-refractivity contribution < 1.29 is 23.0 Å². The summed E-state index contributed by atoms with van der Waals surface area (Å²) in [4.78, 5) is 4.78. The highest BCUT2D eigenvalue weighted by molar-refractivity contribution is 6.09. The van der Waals surface area contributed by atoms with Crippen molar-refractivity contribution in [3.63, 3.8) is 0 Å². The fourth-order valence-electron chi connectivity index (χ4n) is 7.37. The smallest absolute Gasteiger partial charge is 0.269 e. The van der Waals surface area contributed by atoms with Crippen LogP contribution in [0.4, 0.5) is 0 Å². The normalized spacial score (nSPS) is 14.1. The van der Waals surface area contributed by atoms with Gasteiger partial charge < -0.3 is 4.74 Å². The van der Waals surface area contributed by atoms with Crippen molar-refractivity contribution in [2.45, 2.75) is 19.8 Å². The Morgan fingerprint density at radius 3 is 2.04 bits per heavy atom. The third-order valence-electron chi connectivity index (χ3n) is 9.98. The number of aromatic nitrogens is 4. The number of hydrogen-bond donors (Lipinski definition) is 0. The summed E-state index contributed by atoms with van der Waals surface area (Å²) < 4.78 is 98.9. The highest BCUT2D eigenvalue weighted by Gasteiger charge is 2.20. The highest BCUT2D eigenvalue weighted by Crippen LogP contribution is 2.37. The number of para-hydroxylation sites is 4. The highest BCUT2D eigenvalue weighted by atomic mass is 16.5. The molecule has 0 radical (unpaired) electrons. The molecule has 268 valence electrons. The maximum absolute atomic E-state index is 8.98. The molecule has 0 saturated heterocycles. The molecule has 0 saturated carbocycles. The van der Waals surface area contributed by atoms with Gasteiger partial charge in [0.2, 0.25) is 0 Å². The Labute approximate surface area is 340 Å². The number of rotatable bonds is 8. The molecule has 10 rings (SSSR count). The first-order valence-electron chi connectivity index (χ1n) is 23.3. The van der Waals surface area contributed by atoms with Gasteiger partial charge in [0.05, 0.1) is 47.1 Å². The summed E-state index contributed by atoms with van der Waals surface area (Å²) in [5, 5.41) is 2.14. The predicted molar refractivity (Wildman–Crippen MR) is 227 cm³/mol. The van der Waals surface area contributed by atoms with Gasteiger partial charge in [0.15, 0.2) is 0 Å². The Hall–Kier alpha value is -7.24. The summed E-state index contributed by atoms with van der Waals surface area (Å²) in [5.74, 6) is 2.23. The Morgan fingerprint density at radius 2 is 1.29 bits per heavy atom. The van der Waals surface area contributed by atoms with Gasteiger partial charge in [-0.05, 0) is 82.3 Å². The molecule has 3 heterocycles. The number of hydrogen-bond acceptors (Lipinski definition) is 2. The largest absolute Gasteiger partial charge is 0.458 e. The van der Waals surface area contributed by atoms with Gasteiger partial charge in [-0.2, -0.15) is 0 Å². The number of ether oxygens (including phenoxy) is 1. The van der Waals surface area contributed by atoms with E-state index >= 15 is 0 Å². The second-order valence-electron chi connectivity index (χ2n) is 13.7. The second kappa shape index (κ2) is 13.9. The van der Waals surface area contributed by atoms with Gasteiger partial charge in [0, 0.05) is 23.0 Å². The van der Waals surface area contributed by atoms with Crippen LogP contribution in [0.2, 0.25) is 0 Å². The summed E-state index contributed by atoms with van der Waals surface area (Å²) in [5.41, 5.74) is 5.23. The lowest BCUT2D eigenvalue weighted by Crippen LogP contribution is -2.31. The van der Waals surface area contributed by atoms with E-state index in [1.54, 1.807) is 27.3 Å². The zero-order chi connectivity index (χ0) is 46.3. The molecule has 10 aromatic rings. The number of imidazole rings is 1. The number of nitrogens with zero attached hydrogens (tertiary/aromatic N) is 4. The van der Waals surface area contributed by atoms with Crippen LogP contribution in [0.1, 0.15) is 39.0 Å². The van der Waals surface area contributed by atoms with Crippen LogP contribution in [0.5, 0.6) is 11.5 Å². The molecule has 5 heteroatoms. The van der Waals surface area contributed by atoms with E-state index in [1.807, 2.05) is 85.1 Å². The Morgan fingerprint density at radius 1 is 0.625 bits per heavy atom. The van der Waals surface area contributed by atoms with E-state index < -0.39 is 60.4 Å². The minimum Gasteiger partial charge on any atom is -0.458 e. The fraction of sp³-hybridized carbons (Fsp3) is 0.0588. The third-order valence-corrected chi connectivity index (χ3v) is 9.98. The molecule has 0 amide bonds. The van der Waals surface area contributed by atoms with Crippen molar-refractivity contribution in [1.29, 1.82) is 0 Å². The molecule has 3 aromatic heterocycles. The van der Waals surface area contributed by atoms with Gasteiger partial charge >= 0.3 is 0 Å². The van der Waals surface area contributed by atoms with Crippen LogP contribution in [0.3, 0.4) is 0 Å². The number of benzene rings is 7. The maximum Gasteiger partial charge on any atom is 0.269 e. The molecule has 0 spiro atoms. The maximum atomic E-state index is 8.98. The predicted octanol–water partition coefficient (Wildman–Crippen LogP) is 12.4. The van der Waals surface area contributed by atoms with Gasteiger partial charge in [-0.1, -0.05) is 141 Å². The van der Waals surface area contributed by atoms with Crippen LogP contribution < -0.4 is 9.30 Å². The zero-order valence-electron chi connectivity index (χ0n) is 40.4. The average molecular weight is 733 g/mol. The minimum absolute atomic E-state index is 0.127. The molecule has 0 aliphatic rings. The molecule has 0 unspecified atom stereocenters. The van der Waals surface area contributed by atoms with Gasteiger partial charge in [-0.25, -0.2) is 4.98 Å². The van der Waals surface area contributed by atoms with E-state index in [-0.39, 0.29) is 27.9 Å². The first-order valence-corrected chi connectivity index (χ1v) is 18.3. The Bertz CT molecular complexity index is 3490.